The lowest BCUT2D eigenvalue weighted by atomic mass is 9.66. The highest BCUT2D eigenvalue weighted by atomic mass is 16.5. The lowest BCUT2D eigenvalue weighted by molar-refractivity contribution is -0.155. The molecule has 144 valence electrons. The van der Waals surface area contributed by atoms with Crippen molar-refractivity contribution in [3.63, 3.8) is 0 Å². The lowest BCUT2D eigenvalue weighted by Crippen LogP contribution is -2.48. The molecule has 2 aliphatic carbocycles. The van der Waals surface area contributed by atoms with Gasteiger partial charge in [0.1, 0.15) is 6.10 Å². The van der Waals surface area contributed by atoms with Crippen molar-refractivity contribution in [2.75, 3.05) is 0 Å². The Labute approximate surface area is 157 Å². The van der Waals surface area contributed by atoms with Gasteiger partial charge in [-0.1, -0.05) is 44.6 Å². The van der Waals surface area contributed by atoms with Gasteiger partial charge in [-0.2, -0.15) is 0 Å². The summed E-state index contributed by atoms with van der Waals surface area (Å²) in [6, 6.07) is 0. The third-order valence-electron chi connectivity index (χ3n) is 6.36. The summed E-state index contributed by atoms with van der Waals surface area (Å²) in [5.41, 5.74) is 0.196. The van der Waals surface area contributed by atoms with Crippen molar-refractivity contribution < 1.29 is 19.4 Å². The maximum Gasteiger partial charge on any atom is 0.303 e. The fraction of sp³-hybridized carbons (Fsp3) is 0.636. The Kier molecular flexibility index (Phi) is 5.96. The SMILES string of the molecule is CC(=O)OC1C=C(C)C=CC=C(C)C(=O)CC2C1(C)CCC2(O)C(C)C. The number of ether oxygens (including phenoxy) is 1. The number of Topliss-reactive ketones (excluding diaryl/α,β-unsaturated/α-hetero) is 1. The first-order valence-corrected chi connectivity index (χ1v) is 9.47. The summed E-state index contributed by atoms with van der Waals surface area (Å²) in [4.78, 5) is 24.6. The van der Waals surface area contributed by atoms with Gasteiger partial charge in [0.15, 0.2) is 5.78 Å². The molecule has 2 rings (SSSR count). The third-order valence-corrected chi connectivity index (χ3v) is 6.36. The van der Waals surface area contributed by atoms with Crippen molar-refractivity contribution in [2.45, 2.75) is 72.5 Å². The van der Waals surface area contributed by atoms with Crippen LogP contribution in [0.5, 0.6) is 0 Å². The number of esters is 1. The number of rotatable bonds is 2. The molecule has 1 fully saturated rings. The third kappa shape index (κ3) is 3.85. The number of fused-ring (bicyclic) bond motifs is 1. The van der Waals surface area contributed by atoms with E-state index in [-0.39, 0.29) is 30.0 Å². The van der Waals surface area contributed by atoms with Crippen molar-refractivity contribution in [2.24, 2.45) is 17.3 Å². The van der Waals surface area contributed by atoms with Gasteiger partial charge in [0.05, 0.1) is 5.60 Å². The van der Waals surface area contributed by atoms with E-state index < -0.39 is 17.1 Å². The topological polar surface area (TPSA) is 63.6 Å². The fourth-order valence-electron chi connectivity index (χ4n) is 4.45. The van der Waals surface area contributed by atoms with Gasteiger partial charge < -0.3 is 9.84 Å². The molecule has 0 aromatic heterocycles. The number of carbonyl (C=O) groups is 2. The second-order valence-electron chi connectivity index (χ2n) is 8.48. The Balaban J connectivity index is 2.62. The smallest absolute Gasteiger partial charge is 0.303 e. The van der Waals surface area contributed by atoms with E-state index in [0.29, 0.717) is 18.4 Å². The van der Waals surface area contributed by atoms with Crippen LogP contribution >= 0.6 is 0 Å². The van der Waals surface area contributed by atoms with Gasteiger partial charge in [-0.05, 0) is 44.3 Å². The molecule has 0 radical (unpaired) electrons. The van der Waals surface area contributed by atoms with Gasteiger partial charge in [-0.15, -0.1) is 0 Å². The minimum absolute atomic E-state index is 0.0118. The molecule has 0 amide bonds. The number of allylic oxidation sites excluding steroid dienone is 5. The quantitative estimate of drug-likeness (QED) is 0.752. The van der Waals surface area contributed by atoms with E-state index in [4.69, 9.17) is 4.74 Å². The molecule has 4 unspecified atom stereocenters. The number of hydrogen-bond acceptors (Lipinski definition) is 4. The van der Waals surface area contributed by atoms with E-state index in [2.05, 4.69) is 0 Å². The van der Waals surface area contributed by atoms with Gasteiger partial charge in [-0.25, -0.2) is 0 Å². The molecule has 0 aromatic rings. The second kappa shape index (κ2) is 7.51. The summed E-state index contributed by atoms with van der Waals surface area (Å²) in [5.74, 6) is -0.582. The van der Waals surface area contributed by atoms with Crippen LogP contribution in [-0.2, 0) is 14.3 Å². The predicted molar refractivity (Wildman–Crippen MR) is 102 cm³/mol. The van der Waals surface area contributed by atoms with Crippen LogP contribution in [0.3, 0.4) is 0 Å². The van der Waals surface area contributed by atoms with E-state index in [1.807, 2.05) is 58.9 Å². The molecule has 0 heterocycles. The largest absolute Gasteiger partial charge is 0.458 e. The zero-order chi connectivity index (χ0) is 19.7. The van der Waals surface area contributed by atoms with Crippen LogP contribution in [0.25, 0.3) is 0 Å². The zero-order valence-electron chi connectivity index (χ0n) is 16.8. The molecular weight excluding hydrogens is 328 g/mol. The number of aliphatic hydroxyl groups is 1. The first-order chi connectivity index (χ1) is 12.0. The molecule has 0 aliphatic heterocycles. The van der Waals surface area contributed by atoms with Crippen molar-refractivity contribution in [3.05, 3.63) is 35.5 Å². The van der Waals surface area contributed by atoms with Crippen molar-refractivity contribution in [1.29, 1.82) is 0 Å². The molecule has 0 aromatic carbocycles. The van der Waals surface area contributed by atoms with E-state index in [0.717, 1.165) is 5.57 Å². The predicted octanol–water partition coefficient (Wildman–Crippen LogP) is 4.14. The maximum atomic E-state index is 12.8. The van der Waals surface area contributed by atoms with Gasteiger partial charge in [0.25, 0.3) is 0 Å². The standard InChI is InChI=1S/C22H32O4/c1-14(2)22(25)11-10-21(6)19(22)13-18(24)16(4)9-7-8-15(3)12-20(21)26-17(5)23/h7-9,12,14,19-20,25H,10-11,13H2,1-6H3. The summed E-state index contributed by atoms with van der Waals surface area (Å²) in [6.07, 6.45) is 8.61. The van der Waals surface area contributed by atoms with Gasteiger partial charge in [0.2, 0.25) is 0 Å². The average Bonchev–Trinajstić information content (AvgIpc) is 2.80. The average molecular weight is 360 g/mol. The minimum Gasteiger partial charge on any atom is -0.458 e. The van der Waals surface area contributed by atoms with E-state index in [1.165, 1.54) is 6.92 Å². The Morgan fingerprint density at radius 1 is 1.31 bits per heavy atom. The highest BCUT2D eigenvalue weighted by Gasteiger charge is 2.59. The number of carbonyl (C=O) groups excluding carboxylic acids is 2. The molecule has 2 aliphatic rings. The number of hydrogen-bond donors (Lipinski definition) is 1. The maximum absolute atomic E-state index is 12.8. The summed E-state index contributed by atoms with van der Waals surface area (Å²) >= 11 is 0. The van der Waals surface area contributed by atoms with Crippen LogP contribution in [0.2, 0.25) is 0 Å². The zero-order valence-corrected chi connectivity index (χ0v) is 16.8. The Hall–Kier alpha value is -1.68. The van der Waals surface area contributed by atoms with Crippen LogP contribution < -0.4 is 0 Å². The van der Waals surface area contributed by atoms with Crippen LogP contribution in [-0.4, -0.2) is 28.6 Å². The van der Waals surface area contributed by atoms with Gasteiger partial charge in [0, 0.05) is 24.7 Å². The lowest BCUT2D eigenvalue weighted by Gasteiger charge is -2.43. The molecule has 1 saturated carbocycles. The summed E-state index contributed by atoms with van der Waals surface area (Å²) in [7, 11) is 0. The van der Waals surface area contributed by atoms with E-state index >= 15 is 0 Å². The molecule has 0 bridgehead atoms. The summed E-state index contributed by atoms with van der Waals surface area (Å²) < 4.78 is 5.70. The summed E-state index contributed by atoms with van der Waals surface area (Å²) in [5, 5.41) is 11.5. The molecule has 0 spiro atoms. The molecular formula is C22H32O4. The normalized spacial score (nSPS) is 35.5. The Morgan fingerprint density at radius 2 is 1.96 bits per heavy atom. The van der Waals surface area contributed by atoms with Crippen LogP contribution in [0.1, 0.15) is 60.8 Å². The minimum atomic E-state index is -0.952. The van der Waals surface area contributed by atoms with E-state index in [1.54, 1.807) is 0 Å². The number of ketones is 1. The molecule has 0 saturated heterocycles. The first-order valence-electron chi connectivity index (χ1n) is 9.47. The highest BCUT2D eigenvalue weighted by molar-refractivity contribution is 5.95. The first kappa shape index (κ1) is 20.6. The molecule has 4 heteroatoms. The van der Waals surface area contributed by atoms with E-state index in [9.17, 15) is 14.7 Å². The van der Waals surface area contributed by atoms with Gasteiger partial charge in [-0.3, -0.25) is 9.59 Å². The van der Waals surface area contributed by atoms with Crippen molar-refractivity contribution in [3.8, 4) is 0 Å². The van der Waals surface area contributed by atoms with Crippen LogP contribution in [0, 0.1) is 17.3 Å². The molecule has 26 heavy (non-hydrogen) atoms. The molecule has 1 N–H and O–H groups in total. The van der Waals surface area contributed by atoms with Crippen LogP contribution in [0.4, 0.5) is 0 Å². The Morgan fingerprint density at radius 3 is 2.54 bits per heavy atom. The van der Waals surface area contributed by atoms with Crippen LogP contribution in [0.15, 0.2) is 35.5 Å². The molecule has 4 atom stereocenters. The fourth-order valence-corrected chi connectivity index (χ4v) is 4.45. The highest BCUT2D eigenvalue weighted by Crippen LogP contribution is 2.56. The second-order valence-corrected chi connectivity index (χ2v) is 8.48. The summed E-state index contributed by atoms with van der Waals surface area (Å²) in [6.45, 7) is 11.2. The Bertz CT molecular complexity index is 670. The van der Waals surface area contributed by atoms with Crippen molar-refractivity contribution in [1.82, 2.24) is 0 Å². The van der Waals surface area contributed by atoms with Crippen molar-refractivity contribution >= 4 is 11.8 Å². The molecule has 4 nitrogen and oxygen atoms in total. The monoisotopic (exact) mass is 360 g/mol. The van der Waals surface area contributed by atoms with Gasteiger partial charge >= 0.3 is 5.97 Å².